The highest BCUT2D eigenvalue weighted by molar-refractivity contribution is 5.71. The molecule has 1 aliphatic rings. The number of hydrogen-bond donors (Lipinski definition) is 1. The van der Waals surface area contributed by atoms with Crippen molar-refractivity contribution < 1.29 is 27.4 Å². The molecule has 0 aliphatic carbocycles. The van der Waals surface area contributed by atoms with Gasteiger partial charge in [0.1, 0.15) is 11.9 Å². The van der Waals surface area contributed by atoms with Crippen LogP contribution in [0.1, 0.15) is 31.1 Å². The number of hydrogen-bond acceptors (Lipinski definition) is 3. The summed E-state index contributed by atoms with van der Waals surface area (Å²) < 4.78 is 50.8. The lowest BCUT2D eigenvalue weighted by Crippen LogP contribution is -2.37. The Morgan fingerprint density at radius 2 is 1.92 bits per heavy atom. The molecule has 1 aliphatic heterocycles. The first-order chi connectivity index (χ1) is 12.1. The van der Waals surface area contributed by atoms with Crippen LogP contribution in [0.3, 0.4) is 0 Å². The number of carbonyl (C=O) groups excluding carboxylic acids is 1. The Morgan fingerprint density at radius 1 is 1.23 bits per heavy atom. The van der Waals surface area contributed by atoms with Gasteiger partial charge in [0.05, 0.1) is 12.2 Å². The van der Waals surface area contributed by atoms with Gasteiger partial charge in [0.2, 0.25) is 0 Å². The molecule has 0 radical (unpaired) electrons. The van der Waals surface area contributed by atoms with Crippen molar-refractivity contribution in [3.8, 4) is 16.9 Å². The minimum atomic E-state index is -4.47. The molecule has 0 spiro atoms. The molecule has 1 atom stereocenters. The maximum atomic E-state index is 13.3. The van der Waals surface area contributed by atoms with Crippen molar-refractivity contribution in [2.45, 2.75) is 26.1 Å². The van der Waals surface area contributed by atoms with Crippen LogP contribution < -0.4 is 10.5 Å². The van der Waals surface area contributed by atoms with Gasteiger partial charge < -0.3 is 15.2 Å². The molecule has 1 heterocycles. The zero-order valence-electron chi connectivity index (χ0n) is 14.3. The summed E-state index contributed by atoms with van der Waals surface area (Å²) in [5.41, 5.74) is 4.93. The summed E-state index contributed by atoms with van der Waals surface area (Å²) in [6.07, 6.45) is -6.02. The van der Waals surface area contributed by atoms with Gasteiger partial charge in [0.25, 0.3) is 0 Å². The highest BCUT2D eigenvalue weighted by Crippen LogP contribution is 2.47. The standard InChI is InChI=1S/C19H18F3NO3/c1-18(2)10-25-15-9-11(7-8-13(15)16(18)26-17(23)24)12-5-3-4-6-14(12)19(20,21)22/h3-9,16H,10H2,1-2H3,(H2,23,24). The number of alkyl halides is 3. The van der Waals surface area contributed by atoms with Crippen molar-refractivity contribution in [1.82, 2.24) is 0 Å². The van der Waals surface area contributed by atoms with Gasteiger partial charge in [0.15, 0.2) is 0 Å². The average molecular weight is 365 g/mol. The van der Waals surface area contributed by atoms with Gasteiger partial charge in [-0.1, -0.05) is 44.2 Å². The zero-order chi connectivity index (χ0) is 19.1. The number of primary amides is 1. The predicted molar refractivity (Wildman–Crippen MR) is 89.6 cm³/mol. The van der Waals surface area contributed by atoms with E-state index in [9.17, 15) is 18.0 Å². The fraction of sp³-hybridized carbons (Fsp3) is 0.316. The predicted octanol–water partition coefficient (Wildman–Crippen LogP) is 4.93. The summed E-state index contributed by atoms with van der Waals surface area (Å²) in [4.78, 5) is 11.2. The third kappa shape index (κ3) is 3.34. The summed E-state index contributed by atoms with van der Waals surface area (Å²) in [5, 5.41) is 0. The number of halogens is 3. The molecule has 26 heavy (non-hydrogen) atoms. The molecule has 2 N–H and O–H groups in total. The van der Waals surface area contributed by atoms with Crippen molar-refractivity contribution in [3.63, 3.8) is 0 Å². The minimum Gasteiger partial charge on any atom is -0.492 e. The van der Waals surface area contributed by atoms with E-state index in [1.165, 1.54) is 18.2 Å². The van der Waals surface area contributed by atoms with Crippen molar-refractivity contribution in [3.05, 3.63) is 53.6 Å². The van der Waals surface area contributed by atoms with Crippen molar-refractivity contribution in [1.29, 1.82) is 0 Å². The van der Waals surface area contributed by atoms with Crippen LogP contribution in [0.4, 0.5) is 18.0 Å². The lowest BCUT2D eigenvalue weighted by atomic mass is 9.80. The molecule has 7 heteroatoms. The molecule has 2 aromatic carbocycles. The van der Waals surface area contributed by atoms with E-state index in [2.05, 4.69) is 0 Å². The average Bonchev–Trinajstić information content (AvgIpc) is 2.56. The molecule has 2 aromatic rings. The van der Waals surface area contributed by atoms with Crippen molar-refractivity contribution in [2.24, 2.45) is 11.1 Å². The molecule has 138 valence electrons. The molecular formula is C19H18F3NO3. The number of carbonyl (C=O) groups is 1. The van der Waals surface area contributed by atoms with E-state index in [0.717, 1.165) is 6.07 Å². The molecule has 0 saturated carbocycles. The van der Waals surface area contributed by atoms with Gasteiger partial charge in [-0.25, -0.2) is 4.79 Å². The number of fused-ring (bicyclic) bond motifs is 1. The molecule has 3 rings (SSSR count). The van der Waals surface area contributed by atoms with Gasteiger partial charge >= 0.3 is 12.3 Å². The molecule has 0 bridgehead atoms. The van der Waals surface area contributed by atoms with E-state index in [0.29, 0.717) is 16.9 Å². The normalized spacial score (nSPS) is 18.6. The van der Waals surface area contributed by atoms with Gasteiger partial charge in [-0.15, -0.1) is 0 Å². The molecule has 1 unspecified atom stereocenters. The van der Waals surface area contributed by atoms with E-state index in [-0.39, 0.29) is 12.2 Å². The number of benzene rings is 2. The largest absolute Gasteiger partial charge is 0.492 e. The van der Waals surface area contributed by atoms with E-state index in [1.54, 1.807) is 18.2 Å². The molecule has 4 nitrogen and oxygen atoms in total. The maximum absolute atomic E-state index is 13.3. The van der Waals surface area contributed by atoms with Crippen LogP contribution in [-0.4, -0.2) is 12.7 Å². The zero-order valence-corrected chi connectivity index (χ0v) is 14.3. The smallest absolute Gasteiger partial charge is 0.417 e. The Labute approximate surface area is 148 Å². The fourth-order valence-corrected chi connectivity index (χ4v) is 3.13. The Morgan fingerprint density at radius 3 is 2.58 bits per heavy atom. The van der Waals surface area contributed by atoms with Crippen LogP contribution in [-0.2, 0) is 10.9 Å². The second-order valence-corrected chi connectivity index (χ2v) is 6.89. The SMILES string of the molecule is CC1(C)COc2cc(-c3ccccc3C(F)(F)F)ccc2C1OC(N)=O. The second-order valence-electron chi connectivity index (χ2n) is 6.89. The first-order valence-corrected chi connectivity index (χ1v) is 7.99. The highest BCUT2D eigenvalue weighted by Gasteiger charge is 2.40. The third-order valence-electron chi connectivity index (χ3n) is 4.38. The number of rotatable bonds is 2. The molecule has 0 saturated heterocycles. The maximum Gasteiger partial charge on any atom is 0.417 e. The molecular weight excluding hydrogens is 347 g/mol. The summed E-state index contributed by atoms with van der Waals surface area (Å²) in [5.74, 6) is 0.380. The number of nitrogens with two attached hydrogens (primary N) is 1. The van der Waals surface area contributed by atoms with E-state index in [4.69, 9.17) is 15.2 Å². The van der Waals surface area contributed by atoms with E-state index >= 15 is 0 Å². The van der Waals surface area contributed by atoms with Gasteiger partial charge in [-0.05, 0) is 23.3 Å². The van der Waals surface area contributed by atoms with E-state index in [1.807, 2.05) is 13.8 Å². The topological polar surface area (TPSA) is 61.6 Å². The molecule has 0 aromatic heterocycles. The van der Waals surface area contributed by atoms with Crippen LogP contribution in [0.2, 0.25) is 0 Å². The number of ether oxygens (including phenoxy) is 2. The number of amides is 1. The summed E-state index contributed by atoms with van der Waals surface area (Å²) >= 11 is 0. The first kappa shape index (κ1) is 18.1. The summed E-state index contributed by atoms with van der Waals surface area (Å²) in [6, 6.07) is 10.1. The fourth-order valence-electron chi connectivity index (χ4n) is 3.13. The lowest BCUT2D eigenvalue weighted by molar-refractivity contribution is -0.137. The second kappa shape index (κ2) is 6.23. The van der Waals surface area contributed by atoms with Crippen LogP contribution in [0.5, 0.6) is 5.75 Å². The van der Waals surface area contributed by atoms with Gasteiger partial charge in [0, 0.05) is 11.0 Å². The van der Waals surface area contributed by atoms with Crippen LogP contribution in [0.15, 0.2) is 42.5 Å². The van der Waals surface area contributed by atoms with Crippen LogP contribution >= 0.6 is 0 Å². The Kier molecular flexibility index (Phi) is 4.34. The van der Waals surface area contributed by atoms with Gasteiger partial charge in [-0.2, -0.15) is 13.2 Å². The summed E-state index contributed by atoms with van der Waals surface area (Å²) in [7, 11) is 0. The molecule has 1 amide bonds. The highest BCUT2D eigenvalue weighted by atomic mass is 19.4. The quantitative estimate of drug-likeness (QED) is 0.821. The minimum absolute atomic E-state index is 0.0589. The monoisotopic (exact) mass is 365 g/mol. The first-order valence-electron chi connectivity index (χ1n) is 7.99. The van der Waals surface area contributed by atoms with Crippen LogP contribution in [0, 0.1) is 5.41 Å². The molecule has 0 fully saturated rings. The van der Waals surface area contributed by atoms with E-state index < -0.39 is 29.4 Å². The third-order valence-corrected chi connectivity index (χ3v) is 4.38. The Balaban J connectivity index is 2.08. The van der Waals surface area contributed by atoms with Crippen LogP contribution in [0.25, 0.3) is 11.1 Å². The van der Waals surface area contributed by atoms with Crippen molar-refractivity contribution >= 4 is 6.09 Å². The lowest BCUT2D eigenvalue weighted by Gasteiger charge is -2.38. The Bertz CT molecular complexity index is 846. The summed E-state index contributed by atoms with van der Waals surface area (Å²) in [6.45, 7) is 3.95. The van der Waals surface area contributed by atoms with Crippen molar-refractivity contribution in [2.75, 3.05) is 6.61 Å². The van der Waals surface area contributed by atoms with Gasteiger partial charge in [-0.3, -0.25) is 0 Å². The Hall–Kier alpha value is -2.70.